The molecule has 6 nitrogen and oxygen atoms in total. The molecule has 3 heterocycles. The predicted molar refractivity (Wildman–Crippen MR) is 133 cm³/mol. The third-order valence-corrected chi connectivity index (χ3v) is 6.82. The van der Waals surface area contributed by atoms with Crippen molar-refractivity contribution in [2.75, 3.05) is 27.2 Å². The van der Waals surface area contributed by atoms with Crippen LogP contribution in [0.2, 0.25) is 0 Å². The molecule has 0 unspecified atom stereocenters. The third kappa shape index (κ3) is 3.76. The van der Waals surface area contributed by atoms with Crippen LogP contribution in [-0.4, -0.2) is 52.1 Å². The van der Waals surface area contributed by atoms with Gasteiger partial charge in [-0.15, -0.1) is 0 Å². The molecule has 0 aliphatic carbocycles. The van der Waals surface area contributed by atoms with Crippen LogP contribution in [0.3, 0.4) is 0 Å². The molecule has 0 atom stereocenters. The van der Waals surface area contributed by atoms with Crippen LogP contribution >= 0.6 is 0 Å². The number of piperidine rings is 1. The van der Waals surface area contributed by atoms with E-state index in [0.717, 1.165) is 63.7 Å². The molecule has 1 saturated heterocycles. The monoisotopic (exact) mass is 437 g/mol. The van der Waals surface area contributed by atoms with Gasteiger partial charge in [0.05, 0.1) is 29.2 Å². The van der Waals surface area contributed by atoms with Crippen molar-refractivity contribution in [2.24, 2.45) is 0 Å². The Morgan fingerprint density at radius 1 is 0.788 bits per heavy atom. The molecule has 33 heavy (non-hydrogen) atoms. The van der Waals surface area contributed by atoms with Crippen molar-refractivity contribution in [3.8, 4) is 28.5 Å². The Morgan fingerprint density at radius 3 is 2.09 bits per heavy atom. The first kappa shape index (κ1) is 20.0. The number of aromatic amines is 2. The van der Waals surface area contributed by atoms with Gasteiger partial charge in [0.1, 0.15) is 17.4 Å². The average molecular weight is 438 g/mol. The summed E-state index contributed by atoms with van der Waals surface area (Å²) in [4.78, 5) is 19.1. The van der Waals surface area contributed by atoms with Crippen LogP contribution in [0, 0.1) is 0 Å². The molecule has 6 heteroatoms. The van der Waals surface area contributed by atoms with Crippen LogP contribution in [0.25, 0.3) is 44.8 Å². The van der Waals surface area contributed by atoms with E-state index in [0.29, 0.717) is 5.92 Å². The van der Waals surface area contributed by atoms with Gasteiger partial charge in [-0.25, -0.2) is 9.97 Å². The minimum atomic E-state index is 0.627. The standard InChI is InChI=1S/C27H27N5O/c1-32-13-11-17(12-14-32)19-5-9-22-24(15-19)31-27(29-22)20-6-10-23-25(16-20)30-26(28-23)18-3-7-21(33-2)8-4-18/h3-10,15-17H,11-14H2,1-2H3,(H,28,30)(H,29,31). The number of hydrogen-bond donors (Lipinski definition) is 2. The second kappa shape index (κ2) is 8.05. The number of likely N-dealkylation sites (tertiary alicyclic amines) is 1. The van der Waals surface area contributed by atoms with Crippen LogP contribution in [-0.2, 0) is 0 Å². The smallest absolute Gasteiger partial charge is 0.138 e. The Balaban J connectivity index is 1.31. The maximum atomic E-state index is 5.26. The number of methoxy groups -OCH3 is 1. The van der Waals surface area contributed by atoms with E-state index in [9.17, 15) is 0 Å². The molecule has 6 rings (SSSR count). The predicted octanol–water partition coefficient (Wildman–Crippen LogP) is 5.59. The van der Waals surface area contributed by atoms with E-state index < -0.39 is 0 Å². The molecule has 3 aromatic carbocycles. The lowest BCUT2D eigenvalue weighted by Crippen LogP contribution is -2.29. The van der Waals surface area contributed by atoms with Crippen molar-refractivity contribution in [1.29, 1.82) is 0 Å². The van der Waals surface area contributed by atoms with E-state index in [1.54, 1.807) is 7.11 Å². The molecule has 0 amide bonds. The summed E-state index contributed by atoms with van der Waals surface area (Å²) in [6.07, 6.45) is 2.43. The van der Waals surface area contributed by atoms with Gasteiger partial charge in [0, 0.05) is 11.1 Å². The maximum Gasteiger partial charge on any atom is 0.138 e. The number of nitrogens with one attached hydrogen (secondary N) is 2. The van der Waals surface area contributed by atoms with Crippen molar-refractivity contribution in [3.05, 3.63) is 66.2 Å². The second-order valence-corrected chi connectivity index (χ2v) is 8.99. The lowest BCUT2D eigenvalue weighted by Gasteiger charge is -2.29. The fraction of sp³-hybridized carbons (Fsp3) is 0.259. The largest absolute Gasteiger partial charge is 0.497 e. The summed E-state index contributed by atoms with van der Waals surface area (Å²) in [5.74, 6) is 3.18. The topological polar surface area (TPSA) is 69.8 Å². The molecule has 5 aromatic rings. The Labute approximate surface area is 192 Å². The van der Waals surface area contributed by atoms with Gasteiger partial charge in [0.2, 0.25) is 0 Å². The number of benzene rings is 3. The van der Waals surface area contributed by atoms with Gasteiger partial charge in [-0.05, 0) is 99.1 Å². The van der Waals surface area contributed by atoms with Crippen molar-refractivity contribution in [2.45, 2.75) is 18.8 Å². The molecule has 1 aliphatic rings. The molecule has 0 bridgehead atoms. The number of aromatic nitrogens is 4. The summed E-state index contributed by atoms with van der Waals surface area (Å²) >= 11 is 0. The third-order valence-electron chi connectivity index (χ3n) is 6.82. The van der Waals surface area contributed by atoms with E-state index in [4.69, 9.17) is 14.7 Å². The second-order valence-electron chi connectivity index (χ2n) is 8.99. The van der Waals surface area contributed by atoms with Crippen LogP contribution < -0.4 is 4.74 Å². The molecule has 0 saturated carbocycles. The van der Waals surface area contributed by atoms with Crippen LogP contribution in [0.15, 0.2) is 60.7 Å². The van der Waals surface area contributed by atoms with E-state index in [1.807, 2.05) is 24.3 Å². The van der Waals surface area contributed by atoms with Gasteiger partial charge in [-0.3, -0.25) is 0 Å². The van der Waals surface area contributed by atoms with Crippen LogP contribution in [0.4, 0.5) is 0 Å². The molecule has 1 fully saturated rings. The summed E-state index contributed by atoms with van der Waals surface area (Å²) in [6, 6.07) is 20.9. The van der Waals surface area contributed by atoms with Gasteiger partial charge in [0.15, 0.2) is 0 Å². The fourth-order valence-corrected chi connectivity index (χ4v) is 4.79. The molecule has 2 aromatic heterocycles. The summed E-state index contributed by atoms with van der Waals surface area (Å²) in [6.45, 7) is 2.33. The van der Waals surface area contributed by atoms with E-state index >= 15 is 0 Å². The van der Waals surface area contributed by atoms with Gasteiger partial charge in [-0.2, -0.15) is 0 Å². The highest BCUT2D eigenvalue weighted by Crippen LogP contribution is 2.31. The molecular formula is C27H27N5O. The number of imidazole rings is 2. The lowest BCUT2D eigenvalue weighted by molar-refractivity contribution is 0.255. The summed E-state index contributed by atoms with van der Waals surface area (Å²) < 4.78 is 5.26. The quantitative estimate of drug-likeness (QED) is 0.384. The SMILES string of the molecule is COc1ccc(-c2nc3cc(-c4nc5cc(C6CCN(C)CC6)ccc5[nH]4)ccc3[nH]2)cc1. The first-order valence-electron chi connectivity index (χ1n) is 11.5. The summed E-state index contributed by atoms with van der Waals surface area (Å²) in [7, 11) is 3.88. The van der Waals surface area contributed by atoms with Gasteiger partial charge >= 0.3 is 0 Å². The van der Waals surface area contributed by atoms with Crippen molar-refractivity contribution < 1.29 is 4.74 Å². The average Bonchev–Trinajstić information content (AvgIpc) is 3.48. The zero-order valence-corrected chi connectivity index (χ0v) is 18.9. The summed E-state index contributed by atoms with van der Waals surface area (Å²) in [5, 5.41) is 0. The Morgan fingerprint density at radius 2 is 1.39 bits per heavy atom. The van der Waals surface area contributed by atoms with E-state index in [1.165, 1.54) is 18.4 Å². The number of H-pyrrole nitrogens is 2. The van der Waals surface area contributed by atoms with E-state index in [2.05, 4.69) is 58.3 Å². The Bertz CT molecular complexity index is 1420. The maximum absolute atomic E-state index is 5.26. The minimum Gasteiger partial charge on any atom is -0.497 e. The zero-order valence-electron chi connectivity index (χ0n) is 18.9. The number of rotatable bonds is 4. The lowest BCUT2D eigenvalue weighted by atomic mass is 9.89. The van der Waals surface area contributed by atoms with Crippen molar-refractivity contribution >= 4 is 22.1 Å². The van der Waals surface area contributed by atoms with Gasteiger partial charge in [-0.1, -0.05) is 6.07 Å². The Hall–Kier alpha value is -3.64. The first-order valence-corrected chi connectivity index (χ1v) is 11.5. The number of ether oxygens (including phenoxy) is 1. The molecule has 1 aliphatic heterocycles. The fourth-order valence-electron chi connectivity index (χ4n) is 4.79. The van der Waals surface area contributed by atoms with Crippen LogP contribution in [0.5, 0.6) is 5.75 Å². The molecular weight excluding hydrogens is 410 g/mol. The van der Waals surface area contributed by atoms with E-state index in [-0.39, 0.29) is 0 Å². The van der Waals surface area contributed by atoms with Gasteiger partial charge in [0.25, 0.3) is 0 Å². The Kier molecular flexibility index (Phi) is 4.88. The highest BCUT2D eigenvalue weighted by Gasteiger charge is 2.19. The highest BCUT2D eigenvalue weighted by atomic mass is 16.5. The van der Waals surface area contributed by atoms with Crippen molar-refractivity contribution in [3.63, 3.8) is 0 Å². The number of nitrogens with zero attached hydrogens (tertiary/aromatic N) is 3. The van der Waals surface area contributed by atoms with Crippen LogP contribution in [0.1, 0.15) is 24.3 Å². The summed E-state index contributed by atoms with van der Waals surface area (Å²) in [5.41, 5.74) is 7.49. The zero-order chi connectivity index (χ0) is 22.4. The van der Waals surface area contributed by atoms with Gasteiger partial charge < -0.3 is 19.6 Å². The molecule has 2 N–H and O–H groups in total. The number of fused-ring (bicyclic) bond motifs is 2. The molecule has 0 radical (unpaired) electrons. The molecule has 166 valence electrons. The molecule has 0 spiro atoms. The number of hydrogen-bond acceptors (Lipinski definition) is 4. The minimum absolute atomic E-state index is 0.627. The highest BCUT2D eigenvalue weighted by molar-refractivity contribution is 5.86. The first-order chi connectivity index (χ1) is 16.2. The van der Waals surface area contributed by atoms with Crippen molar-refractivity contribution in [1.82, 2.24) is 24.8 Å². The normalized spacial score (nSPS) is 15.5.